The minimum absolute atomic E-state index is 0.230. The topological polar surface area (TPSA) is 154 Å². The Balaban J connectivity index is 2.00. The number of carbonyl (C=O) groups excluding carboxylic acids is 2. The van der Waals surface area contributed by atoms with Gasteiger partial charge in [0, 0.05) is 12.1 Å². The van der Waals surface area contributed by atoms with Crippen LogP contribution in [-0.4, -0.2) is 28.3 Å². The Morgan fingerprint density at radius 2 is 1.63 bits per heavy atom. The first-order valence-electron chi connectivity index (χ1n) is 8.97. The van der Waals surface area contributed by atoms with Crippen LogP contribution in [0.4, 0.5) is 11.4 Å². The van der Waals surface area contributed by atoms with Gasteiger partial charge in [-0.25, -0.2) is 0 Å². The minimum Gasteiger partial charge on any atom is -0.483 e. The van der Waals surface area contributed by atoms with Crippen molar-refractivity contribution in [2.24, 2.45) is 0 Å². The summed E-state index contributed by atoms with van der Waals surface area (Å²) < 4.78 is 5.52. The van der Waals surface area contributed by atoms with Crippen LogP contribution in [0, 0.1) is 20.2 Å². The minimum atomic E-state index is -0.949. The van der Waals surface area contributed by atoms with Crippen LogP contribution in [-0.2, 0) is 4.79 Å². The lowest BCUT2D eigenvalue weighted by atomic mass is 9.98. The quantitative estimate of drug-likeness (QED) is 0.495. The van der Waals surface area contributed by atoms with Crippen LogP contribution in [0.5, 0.6) is 5.75 Å². The molecule has 0 saturated carbocycles. The van der Waals surface area contributed by atoms with E-state index < -0.39 is 33.0 Å². The molecule has 2 aromatic rings. The van der Waals surface area contributed by atoms with Gasteiger partial charge in [-0.15, -0.1) is 0 Å². The second kappa shape index (κ2) is 9.96. The summed E-state index contributed by atoms with van der Waals surface area (Å²) in [5.41, 5.74) is 3.52. The number of hydrogen-bond donors (Lipinski definition) is 2. The number of benzene rings is 2. The lowest BCUT2D eigenvalue weighted by molar-refractivity contribution is -0.394. The highest BCUT2D eigenvalue weighted by atomic mass is 16.6. The Morgan fingerprint density at radius 3 is 2.20 bits per heavy atom. The lowest BCUT2D eigenvalue weighted by Crippen LogP contribution is -2.43. The standard InChI is InChI=1S/C19H20N4O7/c1-3-12(2)16-6-4-5-7-17(16)30-11-18(24)20-21-19(25)13-8-14(22(26)27)10-15(9-13)23(28)29/h4-10,12H,3,11H2,1-2H3,(H,20,24)(H,21,25). The van der Waals surface area contributed by atoms with Gasteiger partial charge in [0.1, 0.15) is 5.75 Å². The molecule has 0 heterocycles. The number of nitrogens with zero attached hydrogens (tertiary/aromatic N) is 2. The molecular weight excluding hydrogens is 396 g/mol. The molecule has 0 radical (unpaired) electrons. The maximum Gasteiger partial charge on any atom is 0.277 e. The van der Waals surface area contributed by atoms with Crippen molar-refractivity contribution in [2.75, 3.05) is 6.61 Å². The summed E-state index contributed by atoms with van der Waals surface area (Å²) in [6.45, 7) is 3.67. The molecule has 2 rings (SSSR count). The molecule has 0 saturated heterocycles. The summed E-state index contributed by atoms with van der Waals surface area (Å²) in [6, 6.07) is 9.75. The number of non-ortho nitro benzene ring substituents is 2. The Morgan fingerprint density at radius 1 is 1.03 bits per heavy atom. The van der Waals surface area contributed by atoms with E-state index in [2.05, 4.69) is 10.9 Å². The molecule has 0 fully saturated rings. The van der Waals surface area contributed by atoms with Crippen molar-refractivity contribution in [1.29, 1.82) is 0 Å². The van der Waals surface area contributed by atoms with Gasteiger partial charge in [-0.1, -0.05) is 32.0 Å². The Kier molecular flexibility index (Phi) is 7.39. The van der Waals surface area contributed by atoms with Crippen molar-refractivity contribution in [2.45, 2.75) is 26.2 Å². The van der Waals surface area contributed by atoms with Crippen LogP contribution in [0.1, 0.15) is 42.1 Å². The molecule has 0 bridgehead atoms. The van der Waals surface area contributed by atoms with E-state index in [9.17, 15) is 29.8 Å². The van der Waals surface area contributed by atoms with Gasteiger partial charge in [0.05, 0.1) is 21.5 Å². The molecule has 0 aromatic heterocycles. The Bertz CT molecular complexity index is 945. The first-order chi connectivity index (χ1) is 14.2. The molecule has 30 heavy (non-hydrogen) atoms. The number of hydrogen-bond acceptors (Lipinski definition) is 7. The molecule has 0 aliphatic carbocycles. The van der Waals surface area contributed by atoms with Crippen LogP contribution in [0.15, 0.2) is 42.5 Å². The van der Waals surface area contributed by atoms with E-state index in [0.717, 1.165) is 30.2 Å². The summed E-state index contributed by atoms with van der Waals surface area (Å²) in [5.74, 6) is -0.853. The van der Waals surface area contributed by atoms with Gasteiger partial charge in [-0.05, 0) is 24.0 Å². The van der Waals surface area contributed by atoms with E-state index in [-0.39, 0.29) is 18.1 Å². The summed E-state index contributed by atoms with van der Waals surface area (Å²) >= 11 is 0. The van der Waals surface area contributed by atoms with Crippen LogP contribution in [0.3, 0.4) is 0 Å². The second-order valence-electron chi connectivity index (χ2n) is 6.39. The molecule has 11 nitrogen and oxygen atoms in total. The fourth-order valence-electron chi connectivity index (χ4n) is 2.55. The fourth-order valence-corrected chi connectivity index (χ4v) is 2.55. The monoisotopic (exact) mass is 416 g/mol. The summed E-state index contributed by atoms with van der Waals surface area (Å²) in [4.78, 5) is 44.2. The van der Waals surface area contributed by atoms with Crippen molar-refractivity contribution >= 4 is 23.2 Å². The van der Waals surface area contributed by atoms with Gasteiger partial charge < -0.3 is 4.74 Å². The van der Waals surface area contributed by atoms with E-state index in [4.69, 9.17) is 4.74 Å². The van der Waals surface area contributed by atoms with Crippen LogP contribution < -0.4 is 15.6 Å². The molecular formula is C19H20N4O7. The number of ether oxygens (including phenoxy) is 1. The molecule has 11 heteroatoms. The largest absolute Gasteiger partial charge is 0.483 e. The number of para-hydroxylation sites is 1. The van der Waals surface area contributed by atoms with Gasteiger partial charge in [-0.3, -0.25) is 40.7 Å². The predicted molar refractivity (Wildman–Crippen MR) is 106 cm³/mol. The summed E-state index contributed by atoms with van der Waals surface area (Å²) in [6.07, 6.45) is 0.887. The third kappa shape index (κ3) is 5.74. The molecule has 2 aromatic carbocycles. The maximum absolute atomic E-state index is 12.1. The van der Waals surface area contributed by atoms with Gasteiger partial charge in [0.25, 0.3) is 23.2 Å². The predicted octanol–water partition coefficient (Wildman–Crippen LogP) is 2.86. The van der Waals surface area contributed by atoms with Crippen LogP contribution in [0.2, 0.25) is 0 Å². The third-order valence-corrected chi connectivity index (χ3v) is 4.32. The molecule has 1 unspecified atom stereocenters. The van der Waals surface area contributed by atoms with Gasteiger partial charge in [-0.2, -0.15) is 0 Å². The van der Waals surface area contributed by atoms with E-state index in [1.807, 2.05) is 26.0 Å². The third-order valence-electron chi connectivity index (χ3n) is 4.32. The van der Waals surface area contributed by atoms with Gasteiger partial charge in [0.2, 0.25) is 0 Å². The first-order valence-corrected chi connectivity index (χ1v) is 8.97. The highest BCUT2D eigenvalue weighted by Crippen LogP contribution is 2.28. The van der Waals surface area contributed by atoms with E-state index in [0.29, 0.717) is 5.75 Å². The number of carbonyl (C=O) groups is 2. The van der Waals surface area contributed by atoms with Gasteiger partial charge >= 0.3 is 0 Å². The molecule has 1 atom stereocenters. The first kappa shape index (κ1) is 22.3. The molecule has 2 amide bonds. The average Bonchev–Trinajstić information content (AvgIpc) is 2.75. The molecule has 0 aliphatic rings. The van der Waals surface area contributed by atoms with E-state index in [1.165, 1.54) is 0 Å². The maximum atomic E-state index is 12.1. The zero-order valence-corrected chi connectivity index (χ0v) is 16.3. The van der Waals surface area contributed by atoms with Crippen molar-refractivity contribution in [3.8, 4) is 5.75 Å². The molecule has 0 aliphatic heterocycles. The number of nitro benzene ring substituents is 2. The highest BCUT2D eigenvalue weighted by molar-refractivity contribution is 5.96. The highest BCUT2D eigenvalue weighted by Gasteiger charge is 2.20. The number of rotatable bonds is 8. The van der Waals surface area contributed by atoms with Crippen LogP contribution in [0.25, 0.3) is 0 Å². The van der Waals surface area contributed by atoms with Crippen molar-refractivity contribution in [3.05, 3.63) is 73.8 Å². The summed E-state index contributed by atoms with van der Waals surface area (Å²) in [5, 5.41) is 21.8. The number of nitrogens with one attached hydrogen (secondary N) is 2. The molecule has 2 N–H and O–H groups in total. The fraction of sp³-hybridized carbons (Fsp3) is 0.263. The molecule has 158 valence electrons. The number of amides is 2. The lowest BCUT2D eigenvalue weighted by Gasteiger charge is -2.15. The zero-order valence-electron chi connectivity index (χ0n) is 16.3. The van der Waals surface area contributed by atoms with Gasteiger partial charge in [0.15, 0.2) is 6.61 Å². The van der Waals surface area contributed by atoms with Crippen LogP contribution >= 0.6 is 0 Å². The Labute approximate surface area is 171 Å². The van der Waals surface area contributed by atoms with E-state index in [1.54, 1.807) is 12.1 Å². The van der Waals surface area contributed by atoms with Crippen molar-refractivity contribution in [1.82, 2.24) is 10.9 Å². The SMILES string of the molecule is CCC(C)c1ccccc1OCC(=O)NNC(=O)c1cc([N+](=O)[O-])cc([N+](=O)[O-])c1. The average molecular weight is 416 g/mol. The van der Waals surface area contributed by atoms with Crippen molar-refractivity contribution < 1.29 is 24.2 Å². The summed E-state index contributed by atoms with van der Waals surface area (Å²) in [7, 11) is 0. The zero-order chi connectivity index (χ0) is 22.3. The Hall–Kier alpha value is -4.02. The van der Waals surface area contributed by atoms with Crippen molar-refractivity contribution in [3.63, 3.8) is 0 Å². The molecule has 0 spiro atoms. The van der Waals surface area contributed by atoms with E-state index >= 15 is 0 Å². The number of nitro groups is 2. The number of hydrazine groups is 1. The second-order valence-corrected chi connectivity index (χ2v) is 6.39. The smallest absolute Gasteiger partial charge is 0.277 e. The normalized spacial score (nSPS) is 11.3.